The van der Waals surface area contributed by atoms with Crippen LogP contribution in [0.3, 0.4) is 0 Å². The number of aromatic nitrogens is 1. The minimum atomic E-state index is -0.102. The second kappa shape index (κ2) is 5.93. The summed E-state index contributed by atoms with van der Waals surface area (Å²) in [6.45, 7) is 6.67. The molecular formula is C17H20N2O3. The molecule has 1 aromatic carbocycles. The van der Waals surface area contributed by atoms with Gasteiger partial charge in [-0.2, -0.15) is 0 Å². The SMILES string of the molecule is Cc1noc(C)c1C(=O)N1C[C@@H](c2ccccc2)O[C@@H](C)C1. The van der Waals surface area contributed by atoms with Crippen molar-refractivity contribution in [3.63, 3.8) is 0 Å². The first-order chi connectivity index (χ1) is 10.6. The molecule has 2 heterocycles. The number of carbonyl (C=O) groups is 1. The Hall–Kier alpha value is -2.14. The first kappa shape index (κ1) is 14.8. The largest absolute Gasteiger partial charge is 0.367 e. The van der Waals surface area contributed by atoms with Gasteiger partial charge >= 0.3 is 0 Å². The van der Waals surface area contributed by atoms with Crippen LogP contribution in [0, 0.1) is 13.8 Å². The van der Waals surface area contributed by atoms with Gasteiger partial charge in [0.1, 0.15) is 17.4 Å². The van der Waals surface area contributed by atoms with Gasteiger partial charge in [-0.25, -0.2) is 0 Å². The number of aryl methyl sites for hydroxylation is 2. The second-order valence-electron chi connectivity index (χ2n) is 5.76. The van der Waals surface area contributed by atoms with Gasteiger partial charge in [0.25, 0.3) is 5.91 Å². The number of benzene rings is 1. The summed E-state index contributed by atoms with van der Waals surface area (Å²) in [5.41, 5.74) is 2.30. The summed E-state index contributed by atoms with van der Waals surface area (Å²) in [4.78, 5) is 14.6. The zero-order valence-corrected chi connectivity index (χ0v) is 13.1. The van der Waals surface area contributed by atoms with E-state index in [1.54, 1.807) is 13.8 Å². The summed E-state index contributed by atoms with van der Waals surface area (Å²) in [5, 5.41) is 3.87. The fourth-order valence-corrected chi connectivity index (χ4v) is 2.92. The fraction of sp³-hybridized carbons (Fsp3) is 0.412. The van der Waals surface area contributed by atoms with Crippen molar-refractivity contribution in [2.45, 2.75) is 33.0 Å². The van der Waals surface area contributed by atoms with Crippen molar-refractivity contribution in [1.82, 2.24) is 10.1 Å². The molecule has 1 aromatic heterocycles. The van der Waals surface area contributed by atoms with Crippen molar-refractivity contribution in [3.8, 4) is 0 Å². The molecule has 1 saturated heterocycles. The fourth-order valence-electron chi connectivity index (χ4n) is 2.92. The number of carbonyl (C=O) groups excluding carboxylic acids is 1. The van der Waals surface area contributed by atoms with Gasteiger partial charge in [-0.15, -0.1) is 0 Å². The lowest BCUT2D eigenvalue weighted by molar-refractivity contribution is -0.0692. The highest BCUT2D eigenvalue weighted by molar-refractivity contribution is 5.96. The molecule has 0 spiro atoms. The van der Waals surface area contributed by atoms with Crippen LogP contribution >= 0.6 is 0 Å². The van der Waals surface area contributed by atoms with Crippen molar-refractivity contribution in [2.24, 2.45) is 0 Å². The van der Waals surface area contributed by atoms with Crippen LogP contribution in [0.4, 0.5) is 0 Å². The first-order valence-electron chi connectivity index (χ1n) is 7.49. The van der Waals surface area contributed by atoms with Gasteiger partial charge in [0.15, 0.2) is 0 Å². The highest BCUT2D eigenvalue weighted by Crippen LogP contribution is 2.27. The number of nitrogens with zero attached hydrogens (tertiary/aromatic N) is 2. The van der Waals surface area contributed by atoms with Gasteiger partial charge in [0.05, 0.1) is 18.3 Å². The summed E-state index contributed by atoms with van der Waals surface area (Å²) < 4.78 is 11.1. The molecule has 0 aliphatic carbocycles. The quantitative estimate of drug-likeness (QED) is 0.855. The van der Waals surface area contributed by atoms with Crippen LogP contribution in [0.15, 0.2) is 34.9 Å². The molecule has 22 heavy (non-hydrogen) atoms. The van der Waals surface area contributed by atoms with Gasteiger partial charge in [-0.3, -0.25) is 4.79 Å². The maximum absolute atomic E-state index is 12.8. The van der Waals surface area contributed by atoms with Crippen LogP contribution in [0.2, 0.25) is 0 Å². The molecule has 1 fully saturated rings. The molecule has 3 rings (SSSR count). The number of hydrogen-bond donors (Lipinski definition) is 0. The lowest BCUT2D eigenvalue weighted by Gasteiger charge is -2.37. The van der Waals surface area contributed by atoms with Crippen LogP contribution in [0.5, 0.6) is 0 Å². The van der Waals surface area contributed by atoms with Crippen molar-refractivity contribution in [3.05, 3.63) is 52.9 Å². The summed E-state index contributed by atoms with van der Waals surface area (Å²) in [5.74, 6) is 0.533. The van der Waals surface area contributed by atoms with E-state index in [9.17, 15) is 4.79 Å². The molecular weight excluding hydrogens is 280 g/mol. The van der Waals surface area contributed by atoms with Gasteiger partial charge in [-0.1, -0.05) is 35.5 Å². The highest BCUT2D eigenvalue weighted by Gasteiger charge is 2.32. The molecule has 5 nitrogen and oxygen atoms in total. The Morgan fingerprint density at radius 2 is 1.95 bits per heavy atom. The van der Waals surface area contributed by atoms with E-state index >= 15 is 0 Å². The molecule has 1 aliphatic heterocycles. The van der Waals surface area contributed by atoms with Crippen LogP contribution < -0.4 is 0 Å². The predicted octanol–water partition coefficient (Wildman–Crippen LogP) is 2.89. The van der Waals surface area contributed by atoms with Gasteiger partial charge in [0.2, 0.25) is 0 Å². The number of ether oxygens (including phenoxy) is 1. The molecule has 2 aromatic rings. The van der Waals surface area contributed by atoms with Gasteiger partial charge in [0, 0.05) is 6.54 Å². The Morgan fingerprint density at radius 3 is 2.59 bits per heavy atom. The summed E-state index contributed by atoms with van der Waals surface area (Å²) in [6, 6.07) is 10.0. The van der Waals surface area contributed by atoms with E-state index in [-0.39, 0.29) is 18.1 Å². The number of amides is 1. The summed E-state index contributed by atoms with van der Waals surface area (Å²) in [7, 11) is 0. The average molecular weight is 300 g/mol. The van der Waals surface area contributed by atoms with Crippen molar-refractivity contribution < 1.29 is 14.1 Å². The molecule has 0 bridgehead atoms. The van der Waals surface area contributed by atoms with Crippen molar-refractivity contribution in [2.75, 3.05) is 13.1 Å². The molecule has 0 N–H and O–H groups in total. The third-order valence-electron chi connectivity index (χ3n) is 3.97. The summed E-state index contributed by atoms with van der Waals surface area (Å²) in [6.07, 6.45) is -0.113. The Bertz CT molecular complexity index is 646. The van der Waals surface area contributed by atoms with E-state index in [2.05, 4.69) is 5.16 Å². The standard InChI is InChI=1S/C17H20N2O3/c1-11-9-19(17(20)16-12(2)18-22-13(16)3)10-15(21-11)14-7-5-4-6-8-14/h4-8,11,15H,9-10H2,1-3H3/t11-,15-/m0/s1. The van der Waals surface area contributed by atoms with Gasteiger partial charge in [-0.05, 0) is 26.3 Å². The maximum atomic E-state index is 12.8. The maximum Gasteiger partial charge on any atom is 0.259 e. The van der Waals surface area contributed by atoms with E-state index < -0.39 is 0 Å². The van der Waals surface area contributed by atoms with E-state index in [0.29, 0.717) is 30.1 Å². The van der Waals surface area contributed by atoms with Crippen LogP contribution in [0.25, 0.3) is 0 Å². The Labute approximate surface area is 129 Å². The smallest absolute Gasteiger partial charge is 0.259 e. The van der Waals surface area contributed by atoms with Crippen LogP contribution in [0.1, 0.15) is 40.4 Å². The van der Waals surface area contributed by atoms with Crippen molar-refractivity contribution in [1.29, 1.82) is 0 Å². The van der Waals surface area contributed by atoms with E-state index in [0.717, 1.165) is 5.56 Å². The number of hydrogen-bond acceptors (Lipinski definition) is 4. The van der Waals surface area contributed by atoms with E-state index in [1.807, 2.05) is 42.2 Å². The molecule has 0 saturated carbocycles. The zero-order valence-electron chi connectivity index (χ0n) is 13.1. The van der Waals surface area contributed by atoms with Crippen LogP contribution in [-0.4, -0.2) is 35.2 Å². The summed E-state index contributed by atoms with van der Waals surface area (Å²) >= 11 is 0. The second-order valence-corrected chi connectivity index (χ2v) is 5.76. The Balaban J connectivity index is 1.84. The zero-order chi connectivity index (χ0) is 15.7. The first-order valence-corrected chi connectivity index (χ1v) is 7.49. The molecule has 1 aliphatic rings. The van der Waals surface area contributed by atoms with E-state index in [1.165, 1.54) is 0 Å². The lowest BCUT2D eigenvalue weighted by atomic mass is 10.1. The number of morpholine rings is 1. The number of rotatable bonds is 2. The lowest BCUT2D eigenvalue weighted by Crippen LogP contribution is -2.46. The molecule has 1 amide bonds. The van der Waals surface area contributed by atoms with E-state index in [4.69, 9.17) is 9.26 Å². The van der Waals surface area contributed by atoms with Gasteiger partial charge < -0.3 is 14.2 Å². The minimum absolute atomic E-state index is 0.0108. The molecule has 0 radical (unpaired) electrons. The molecule has 2 atom stereocenters. The molecule has 116 valence electrons. The predicted molar refractivity (Wildman–Crippen MR) is 81.6 cm³/mol. The third-order valence-corrected chi connectivity index (χ3v) is 3.97. The molecule has 0 unspecified atom stereocenters. The third kappa shape index (κ3) is 2.76. The monoisotopic (exact) mass is 300 g/mol. The topological polar surface area (TPSA) is 55.6 Å². The Kier molecular flexibility index (Phi) is 3.98. The normalized spacial score (nSPS) is 21.9. The van der Waals surface area contributed by atoms with Crippen LogP contribution in [-0.2, 0) is 4.74 Å². The Morgan fingerprint density at radius 1 is 1.23 bits per heavy atom. The average Bonchev–Trinajstić information content (AvgIpc) is 2.86. The highest BCUT2D eigenvalue weighted by atomic mass is 16.5. The van der Waals surface area contributed by atoms with Crippen molar-refractivity contribution >= 4 is 5.91 Å². The molecule has 5 heteroatoms. The minimum Gasteiger partial charge on any atom is -0.367 e.